The van der Waals surface area contributed by atoms with Crippen LogP contribution in [0.15, 0.2) is 4.99 Å². The van der Waals surface area contributed by atoms with Gasteiger partial charge in [0.25, 0.3) is 5.91 Å². The van der Waals surface area contributed by atoms with Crippen LogP contribution in [0.3, 0.4) is 0 Å². The van der Waals surface area contributed by atoms with Gasteiger partial charge < -0.3 is 5.32 Å². The first-order valence-electron chi connectivity index (χ1n) is 4.46. The largest absolute Gasteiger partial charge is 0.306 e. The molecule has 0 rings (SSSR count). The Morgan fingerprint density at radius 3 is 2.54 bits per heavy atom. The monoisotopic (exact) mass is 184 g/mol. The summed E-state index contributed by atoms with van der Waals surface area (Å²) in [7, 11) is 0. The van der Waals surface area contributed by atoms with Crippen molar-refractivity contribution in [3.05, 3.63) is 0 Å². The minimum atomic E-state index is -0.425. The van der Waals surface area contributed by atoms with Crippen LogP contribution in [0.5, 0.6) is 0 Å². The zero-order valence-corrected chi connectivity index (χ0v) is 8.33. The van der Waals surface area contributed by atoms with Crippen LogP contribution in [0.2, 0.25) is 0 Å². The lowest BCUT2D eigenvalue weighted by atomic mass is 10.0. The van der Waals surface area contributed by atoms with Gasteiger partial charge in [0.15, 0.2) is 0 Å². The lowest BCUT2D eigenvalue weighted by Gasteiger charge is -2.15. The molecule has 0 aromatic heterocycles. The van der Waals surface area contributed by atoms with E-state index in [1.165, 1.54) is 6.08 Å². The molecule has 13 heavy (non-hydrogen) atoms. The summed E-state index contributed by atoms with van der Waals surface area (Å²) < 4.78 is 0. The average molecular weight is 184 g/mol. The average Bonchev–Trinajstić information content (AvgIpc) is 2.03. The third kappa shape index (κ3) is 5.28. The number of amides is 1. The maximum absolute atomic E-state index is 11.2. The molecular weight excluding hydrogens is 168 g/mol. The van der Waals surface area contributed by atoms with Gasteiger partial charge in [0.2, 0.25) is 6.08 Å². The van der Waals surface area contributed by atoms with Gasteiger partial charge in [-0.2, -0.15) is 0 Å². The van der Waals surface area contributed by atoms with Gasteiger partial charge in [-0.05, 0) is 18.9 Å². The summed E-state index contributed by atoms with van der Waals surface area (Å²) in [4.78, 5) is 24.1. The van der Waals surface area contributed by atoms with Crippen LogP contribution < -0.4 is 5.32 Å². The highest BCUT2D eigenvalue weighted by molar-refractivity contribution is 5.86. The number of aliphatic imine (C=N–C) groups is 1. The van der Waals surface area contributed by atoms with E-state index < -0.39 is 5.91 Å². The number of hydrogen-bond donors (Lipinski definition) is 1. The molecule has 4 heteroatoms. The van der Waals surface area contributed by atoms with E-state index in [1.54, 1.807) is 0 Å². The van der Waals surface area contributed by atoms with E-state index in [1.807, 2.05) is 20.8 Å². The number of carbonyl (C=O) groups excluding carboxylic acids is 2. The molecule has 1 atom stereocenters. The summed E-state index contributed by atoms with van der Waals surface area (Å²) in [5, 5.41) is 2.98. The van der Waals surface area contributed by atoms with Crippen LogP contribution in [0, 0.1) is 5.92 Å². The molecule has 1 unspecified atom stereocenters. The van der Waals surface area contributed by atoms with E-state index in [4.69, 9.17) is 0 Å². The van der Waals surface area contributed by atoms with E-state index in [0.29, 0.717) is 18.9 Å². The fourth-order valence-corrected chi connectivity index (χ4v) is 1.11. The summed E-state index contributed by atoms with van der Waals surface area (Å²) in [6, 6.07) is -0.341. The fourth-order valence-electron chi connectivity index (χ4n) is 1.11. The molecule has 0 aromatic rings. The molecule has 74 valence electrons. The molecule has 0 aliphatic carbocycles. The molecule has 0 saturated carbocycles. The van der Waals surface area contributed by atoms with E-state index in [-0.39, 0.29) is 6.04 Å². The second-order valence-electron chi connectivity index (χ2n) is 3.28. The SMILES string of the molecule is CCNC(CC(C)C)C(=O)N=C=O. The number of carbonyl (C=O) groups is 1. The second kappa shape index (κ2) is 6.52. The Bertz CT molecular complexity index is 208. The highest BCUT2D eigenvalue weighted by atomic mass is 16.2. The van der Waals surface area contributed by atoms with Crippen molar-refractivity contribution in [2.75, 3.05) is 6.54 Å². The van der Waals surface area contributed by atoms with Crippen molar-refractivity contribution in [1.29, 1.82) is 0 Å². The zero-order chi connectivity index (χ0) is 10.3. The maximum Gasteiger partial charge on any atom is 0.273 e. The van der Waals surface area contributed by atoms with Gasteiger partial charge in [0.05, 0.1) is 6.04 Å². The van der Waals surface area contributed by atoms with Gasteiger partial charge in [-0.3, -0.25) is 4.79 Å². The molecule has 1 N–H and O–H groups in total. The molecule has 0 radical (unpaired) electrons. The van der Waals surface area contributed by atoms with Crippen molar-refractivity contribution >= 4 is 12.0 Å². The van der Waals surface area contributed by atoms with Crippen molar-refractivity contribution < 1.29 is 9.59 Å². The second-order valence-corrected chi connectivity index (χ2v) is 3.28. The summed E-state index contributed by atoms with van der Waals surface area (Å²) in [6.45, 7) is 6.63. The normalized spacial score (nSPS) is 12.3. The summed E-state index contributed by atoms with van der Waals surface area (Å²) in [5.41, 5.74) is 0. The van der Waals surface area contributed by atoms with Crippen LogP contribution in [0.4, 0.5) is 0 Å². The molecule has 4 nitrogen and oxygen atoms in total. The zero-order valence-electron chi connectivity index (χ0n) is 8.33. The van der Waals surface area contributed by atoms with Gasteiger partial charge >= 0.3 is 0 Å². The van der Waals surface area contributed by atoms with E-state index in [9.17, 15) is 9.59 Å². The number of likely N-dealkylation sites (N-methyl/N-ethyl adjacent to an activating group) is 1. The van der Waals surface area contributed by atoms with Crippen LogP contribution in [-0.4, -0.2) is 24.6 Å². The van der Waals surface area contributed by atoms with Crippen LogP contribution in [0.25, 0.3) is 0 Å². The minimum absolute atomic E-state index is 0.341. The number of nitrogens with one attached hydrogen (secondary N) is 1. The molecular formula is C9H16N2O2. The molecule has 0 spiro atoms. The van der Waals surface area contributed by atoms with Gasteiger partial charge in [0, 0.05) is 0 Å². The Morgan fingerprint density at radius 2 is 2.15 bits per heavy atom. The third-order valence-corrected chi connectivity index (χ3v) is 1.61. The Labute approximate surface area is 78.4 Å². The van der Waals surface area contributed by atoms with Gasteiger partial charge in [0.1, 0.15) is 0 Å². The van der Waals surface area contributed by atoms with Crippen LogP contribution in [0.1, 0.15) is 27.2 Å². The maximum atomic E-state index is 11.2. The minimum Gasteiger partial charge on any atom is -0.306 e. The molecule has 0 fully saturated rings. The van der Waals surface area contributed by atoms with Crippen molar-refractivity contribution in [3.63, 3.8) is 0 Å². The molecule has 0 aliphatic rings. The van der Waals surface area contributed by atoms with E-state index >= 15 is 0 Å². The van der Waals surface area contributed by atoms with Gasteiger partial charge in [-0.25, -0.2) is 4.79 Å². The summed E-state index contributed by atoms with van der Waals surface area (Å²) >= 11 is 0. The smallest absolute Gasteiger partial charge is 0.273 e. The predicted molar refractivity (Wildman–Crippen MR) is 50.0 cm³/mol. The van der Waals surface area contributed by atoms with Crippen molar-refractivity contribution in [1.82, 2.24) is 5.32 Å². The molecule has 0 bridgehead atoms. The summed E-state index contributed by atoms with van der Waals surface area (Å²) in [5.74, 6) is -0.0274. The Balaban J connectivity index is 4.22. The predicted octanol–water partition coefficient (Wildman–Crippen LogP) is 0.873. The lowest BCUT2D eigenvalue weighted by molar-refractivity contribution is -0.120. The first-order chi connectivity index (χ1) is 6.11. The standard InChI is InChI=1S/C9H16N2O2/c1-4-10-8(5-7(2)3)9(13)11-6-12/h7-8,10H,4-5H2,1-3H3. The molecule has 0 saturated heterocycles. The molecule has 0 heterocycles. The van der Waals surface area contributed by atoms with Crippen LogP contribution >= 0.6 is 0 Å². The molecule has 1 amide bonds. The van der Waals surface area contributed by atoms with Crippen molar-refractivity contribution in [2.24, 2.45) is 10.9 Å². The number of isocyanates is 1. The topological polar surface area (TPSA) is 58.5 Å². The molecule has 0 aromatic carbocycles. The first kappa shape index (κ1) is 12.0. The number of nitrogens with zero attached hydrogens (tertiary/aromatic N) is 1. The van der Waals surface area contributed by atoms with Gasteiger partial charge in [-0.1, -0.05) is 20.8 Å². The first-order valence-corrected chi connectivity index (χ1v) is 4.46. The quantitative estimate of drug-likeness (QED) is 0.509. The Hall–Kier alpha value is -0.990. The van der Waals surface area contributed by atoms with Gasteiger partial charge in [-0.15, -0.1) is 4.99 Å². The number of rotatable bonds is 5. The van der Waals surface area contributed by atoms with Crippen molar-refractivity contribution in [3.8, 4) is 0 Å². The lowest BCUT2D eigenvalue weighted by Crippen LogP contribution is -2.36. The third-order valence-electron chi connectivity index (χ3n) is 1.61. The summed E-state index contributed by atoms with van der Waals surface area (Å²) in [6.07, 6.45) is 1.96. The highest BCUT2D eigenvalue weighted by Crippen LogP contribution is 2.05. The Morgan fingerprint density at radius 1 is 1.54 bits per heavy atom. The van der Waals surface area contributed by atoms with E-state index in [2.05, 4.69) is 10.3 Å². The van der Waals surface area contributed by atoms with Crippen molar-refractivity contribution in [2.45, 2.75) is 33.2 Å². The fraction of sp³-hybridized carbons (Fsp3) is 0.778. The Kier molecular flexibility index (Phi) is 6.02. The molecule has 0 aliphatic heterocycles. The highest BCUT2D eigenvalue weighted by Gasteiger charge is 2.17. The number of hydrogen-bond acceptors (Lipinski definition) is 3. The van der Waals surface area contributed by atoms with E-state index in [0.717, 1.165) is 0 Å². The van der Waals surface area contributed by atoms with Crippen LogP contribution in [-0.2, 0) is 9.59 Å².